The van der Waals surface area contributed by atoms with Gasteiger partial charge in [0.25, 0.3) is 5.91 Å². The highest BCUT2D eigenvalue weighted by molar-refractivity contribution is 6.50. The van der Waals surface area contributed by atoms with Gasteiger partial charge in [0.2, 0.25) is 11.6 Å². The fraction of sp³-hybridized carbons (Fsp3) is 0.0435. The Morgan fingerprint density at radius 2 is 1.62 bits per heavy atom. The minimum atomic E-state index is -0.569. The number of pyridine rings is 1. The number of aromatic nitrogens is 1. The maximum Gasteiger partial charge on any atom is 0.274 e. The van der Waals surface area contributed by atoms with Gasteiger partial charge in [0.15, 0.2) is 0 Å². The molecule has 1 aliphatic rings. The summed E-state index contributed by atoms with van der Waals surface area (Å²) in [5.74, 6) is -1.45. The molecule has 0 saturated heterocycles. The molecule has 0 spiro atoms. The molecule has 0 atom stereocenters. The van der Waals surface area contributed by atoms with Crippen LogP contribution in [0.1, 0.15) is 36.8 Å². The van der Waals surface area contributed by atoms with Crippen molar-refractivity contribution < 1.29 is 19.6 Å². The molecule has 160 valence electrons. The zero-order valence-corrected chi connectivity index (χ0v) is 17.3. The third-order valence-corrected chi connectivity index (χ3v) is 5.24. The first-order chi connectivity index (χ1) is 15.5. The molecule has 4 rings (SSSR count). The van der Waals surface area contributed by atoms with Crippen molar-refractivity contribution in [2.24, 2.45) is 0 Å². The number of rotatable bonds is 6. The second-order valence-electron chi connectivity index (χ2n) is 6.94. The number of nitrogens with zero attached hydrogens (tertiary/aromatic N) is 1. The number of nitrogens with one attached hydrogen (secondary N) is 3. The topological polar surface area (TPSA) is 120 Å². The lowest BCUT2D eigenvalue weighted by Gasteiger charge is -2.18. The van der Waals surface area contributed by atoms with E-state index in [0.717, 1.165) is 11.3 Å². The van der Waals surface area contributed by atoms with E-state index in [2.05, 4.69) is 15.6 Å². The highest BCUT2D eigenvalue weighted by Gasteiger charge is 2.32. The number of benzene rings is 2. The van der Waals surface area contributed by atoms with Gasteiger partial charge in [-0.2, -0.15) is 0 Å². The van der Waals surface area contributed by atoms with Crippen molar-refractivity contribution in [1.82, 2.24) is 10.5 Å². The zero-order chi connectivity index (χ0) is 22.7. The Balaban J connectivity index is 1.42. The molecule has 0 saturated carbocycles. The lowest BCUT2D eigenvalue weighted by molar-refractivity contribution is 0.0706. The van der Waals surface area contributed by atoms with Crippen molar-refractivity contribution >= 4 is 40.4 Å². The molecule has 9 heteroatoms. The Bertz CT molecular complexity index is 1240. The molecule has 0 unspecified atom stereocenters. The highest BCUT2D eigenvalue weighted by Crippen LogP contribution is 2.28. The SMILES string of the molecule is O=C(NO)c1ccc(CNc2ccc(NC3=C(Cl)C(=O)c4cccnc4C3=O)cc2)cc1. The number of amides is 1. The van der Waals surface area contributed by atoms with Crippen LogP contribution in [0.15, 0.2) is 77.6 Å². The number of fused-ring (bicyclic) bond motifs is 1. The van der Waals surface area contributed by atoms with Crippen molar-refractivity contribution in [2.45, 2.75) is 6.54 Å². The van der Waals surface area contributed by atoms with Crippen molar-refractivity contribution in [3.8, 4) is 0 Å². The number of hydrogen-bond acceptors (Lipinski definition) is 7. The van der Waals surface area contributed by atoms with Gasteiger partial charge in [-0.25, -0.2) is 5.48 Å². The van der Waals surface area contributed by atoms with Crippen LogP contribution in [0.25, 0.3) is 0 Å². The summed E-state index contributed by atoms with van der Waals surface area (Å²) < 4.78 is 0. The Labute approximate surface area is 187 Å². The van der Waals surface area contributed by atoms with Gasteiger partial charge in [0.05, 0.1) is 5.56 Å². The maximum atomic E-state index is 12.7. The van der Waals surface area contributed by atoms with E-state index in [1.165, 1.54) is 12.3 Å². The van der Waals surface area contributed by atoms with E-state index in [-0.39, 0.29) is 22.0 Å². The summed E-state index contributed by atoms with van der Waals surface area (Å²) in [7, 11) is 0. The van der Waals surface area contributed by atoms with Gasteiger partial charge >= 0.3 is 0 Å². The minimum Gasteiger partial charge on any atom is -0.381 e. The molecule has 0 aliphatic heterocycles. The van der Waals surface area contributed by atoms with Crippen LogP contribution in [0.4, 0.5) is 11.4 Å². The molecule has 1 aromatic heterocycles. The van der Waals surface area contributed by atoms with Crippen molar-refractivity contribution in [3.05, 3.63) is 100.0 Å². The Morgan fingerprint density at radius 3 is 2.31 bits per heavy atom. The fourth-order valence-corrected chi connectivity index (χ4v) is 3.42. The summed E-state index contributed by atoms with van der Waals surface area (Å²) in [4.78, 5) is 40.5. The largest absolute Gasteiger partial charge is 0.381 e. The number of carbonyl (C=O) groups is 3. The molecule has 8 nitrogen and oxygen atoms in total. The smallest absolute Gasteiger partial charge is 0.274 e. The minimum absolute atomic E-state index is 0.00409. The first-order valence-corrected chi connectivity index (χ1v) is 9.94. The van der Waals surface area contributed by atoms with Gasteiger partial charge in [0, 0.05) is 29.7 Å². The van der Waals surface area contributed by atoms with Crippen LogP contribution in [0.2, 0.25) is 0 Å². The Morgan fingerprint density at radius 1 is 0.938 bits per heavy atom. The van der Waals surface area contributed by atoms with E-state index in [1.54, 1.807) is 47.9 Å². The van der Waals surface area contributed by atoms with E-state index in [1.807, 2.05) is 12.1 Å². The van der Waals surface area contributed by atoms with Crippen LogP contribution in [0, 0.1) is 0 Å². The highest BCUT2D eigenvalue weighted by atomic mass is 35.5. The van der Waals surface area contributed by atoms with Crippen molar-refractivity contribution in [2.75, 3.05) is 10.6 Å². The number of halogens is 1. The molecule has 32 heavy (non-hydrogen) atoms. The number of anilines is 2. The lowest BCUT2D eigenvalue weighted by Crippen LogP contribution is -2.25. The van der Waals surface area contributed by atoms with Gasteiger partial charge in [-0.1, -0.05) is 23.7 Å². The summed E-state index contributed by atoms with van der Waals surface area (Å²) in [6, 6.07) is 17.0. The van der Waals surface area contributed by atoms with Crippen LogP contribution < -0.4 is 16.1 Å². The first-order valence-electron chi connectivity index (χ1n) is 9.56. The second-order valence-corrected chi connectivity index (χ2v) is 7.32. The van der Waals surface area contributed by atoms with E-state index < -0.39 is 17.5 Å². The molecule has 2 aromatic carbocycles. The number of hydroxylamine groups is 1. The molecular weight excluding hydrogens is 432 g/mol. The van der Waals surface area contributed by atoms with E-state index >= 15 is 0 Å². The average molecular weight is 449 g/mol. The van der Waals surface area contributed by atoms with Crippen LogP contribution in [0.5, 0.6) is 0 Å². The zero-order valence-electron chi connectivity index (χ0n) is 16.6. The Kier molecular flexibility index (Phi) is 5.98. The van der Waals surface area contributed by atoms with Gasteiger partial charge in [-0.3, -0.25) is 24.6 Å². The lowest BCUT2D eigenvalue weighted by atomic mass is 9.97. The average Bonchev–Trinajstić information content (AvgIpc) is 2.84. The summed E-state index contributed by atoms with van der Waals surface area (Å²) >= 11 is 6.16. The number of ketones is 2. The predicted molar refractivity (Wildman–Crippen MR) is 119 cm³/mol. The summed E-state index contributed by atoms with van der Waals surface area (Å²) in [5.41, 5.74) is 4.56. The molecule has 1 heterocycles. The van der Waals surface area contributed by atoms with Crippen molar-refractivity contribution in [3.63, 3.8) is 0 Å². The number of Topliss-reactive ketones (excluding diaryl/α,β-unsaturated/α-hetero) is 2. The van der Waals surface area contributed by atoms with E-state index in [9.17, 15) is 14.4 Å². The maximum absolute atomic E-state index is 12.7. The van der Waals surface area contributed by atoms with Crippen LogP contribution >= 0.6 is 11.6 Å². The van der Waals surface area contributed by atoms with Gasteiger partial charge < -0.3 is 10.6 Å². The Hall–Kier alpha value is -4.01. The van der Waals surface area contributed by atoms with Crippen LogP contribution in [-0.4, -0.2) is 27.7 Å². The molecule has 3 aromatic rings. The number of carbonyl (C=O) groups excluding carboxylic acids is 3. The third-order valence-electron chi connectivity index (χ3n) is 4.88. The second kappa shape index (κ2) is 9.01. The molecule has 0 fully saturated rings. The molecule has 1 aliphatic carbocycles. The summed E-state index contributed by atoms with van der Waals surface area (Å²) in [5, 5.41) is 14.7. The summed E-state index contributed by atoms with van der Waals surface area (Å²) in [6.45, 7) is 0.514. The third kappa shape index (κ3) is 4.22. The molecule has 1 amide bonds. The summed E-state index contributed by atoms with van der Waals surface area (Å²) in [6.07, 6.45) is 1.45. The normalized spacial score (nSPS) is 12.9. The van der Waals surface area contributed by atoms with Gasteiger partial charge in [-0.15, -0.1) is 0 Å². The predicted octanol–water partition coefficient (Wildman–Crippen LogP) is 3.75. The standard InChI is InChI=1S/C23H17ClN4O4/c24-18-20(22(30)19-17(21(18)29)2-1-11-25-19)27-16-9-7-15(8-10-16)26-12-13-3-5-14(6-4-13)23(31)28-32/h1-11,26-27,32H,12H2,(H,28,31). The van der Waals surface area contributed by atoms with Crippen LogP contribution in [0.3, 0.4) is 0 Å². The van der Waals surface area contributed by atoms with E-state index in [4.69, 9.17) is 16.8 Å². The van der Waals surface area contributed by atoms with Gasteiger partial charge in [-0.05, 0) is 54.1 Å². The first kappa shape index (κ1) is 21.2. The number of hydrogen-bond donors (Lipinski definition) is 4. The quantitative estimate of drug-likeness (QED) is 0.334. The fourth-order valence-electron chi connectivity index (χ4n) is 3.19. The molecule has 0 bridgehead atoms. The van der Waals surface area contributed by atoms with Crippen molar-refractivity contribution in [1.29, 1.82) is 0 Å². The van der Waals surface area contributed by atoms with Gasteiger partial charge in [0.1, 0.15) is 16.4 Å². The van der Waals surface area contributed by atoms with Crippen LogP contribution in [-0.2, 0) is 6.54 Å². The van der Waals surface area contributed by atoms with E-state index in [0.29, 0.717) is 17.8 Å². The molecular formula is C23H17ClN4O4. The molecule has 0 radical (unpaired) electrons. The monoisotopic (exact) mass is 448 g/mol. The molecule has 4 N–H and O–H groups in total. The number of allylic oxidation sites excluding steroid dienone is 2.